The van der Waals surface area contributed by atoms with Crippen molar-refractivity contribution >= 4 is 50.7 Å². The SMILES string of the molecule is CS(=O)(=O)N(CC(=O)N(Cc1ccc(F)cc1)[C@H](Cc1ccccc1)C(=O)NC1CCCC1)c1cc(Cl)ccc1Cl. The van der Waals surface area contributed by atoms with Crippen LogP contribution in [-0.4, -0.2) is 50.0 Å². The zero-order valence-electron chi connectivity index (χ0n) is 22.6. The normalized spacial score (nSPS) is 14.4. The fraction of sp³-hybridized carbons (Fsp3) is 0.333. The molecule has 1 aliphatic carbocycles. The molecule has 0 bridgehead atoms. The maximum absolute atomic E-state index is 14.1. The summed E-state index contributed by atoms with van der Waals surface area (Å²) in [6, 6.07) is 18.3. The lowest BCUT2D eigenvalue weighted by atomic mass is 10.0. The van der Waals surface area contributed by atoms with Gasteiger partial charge in [-0.05, 0) is 54.3 Å². The molecule has 3 aromatic carbocycles. The second kappa shape index (κ2) is 13.7. The predicted molar refractivity (Wildman–Crippen MR) is 160 cm³/mol. The van der Waals surface area contributed by atoms with E-state index in [1.54, 1.807) is 0 Å². The molecule has 1 saturated carbocycles. The summed E-state index contributed by atoms with van der Waals surface area (Å²) < 4.78 is 40.4. The van der Waals surface area contributed by atoms with E-state index in [0.717, 1.165) is 41.8 Å². The topological polar surface area (TPSA) is 86.8 Å². The van der Waals surface area contributed by atoms with Gasteiger partial charge in [0.15, 0.2) is 0 Å². The maximum atomic E-state index is 14.1. The van der Waals surface area contributed by atoms with E-state index >= 15 is 0 Å². The van der Waals surface area contributed by atoms with E-state index in [-0.39, 0.29) is 40.6 Å². The van der Waals surface area contributed by atoms with Crippen molar-refractivity contribution in [1.29, 1.82) is 0 Å². The highest BCUT2D eigenvalue weighted by atomic mass is 35.5. The summed E-state index contributed by atoms with van der Waals surface area (Å²) in [5.74, 6) is -1.40. The van der Waals surface area contributed by atoms with Crippen molar-refractivity contribution in [3.63, 3.8) is 0 Å². The zero-order valence-corrected chi connectivity index (χ0v) is 24.9. The number of halogens is 3. The summed E-state index contributed by atoms with van der Waals surface area (Å²) in [5, 5.41) is 3.44. The first-order valence-electron chi connectivity index (χ1n) is 13.3. The summed E-state index contributed by atoms with van der Waals surface area (Å²) in [7, 11) is -4.00. The first-order valence-corrected chi connectivity index (χ1v) is 15.9. The average molecular weight is 621 g/mol. The third-order valence-electron chi connectivity index (χ3n) is 7.09. The Kier molecular flexibility index (Phi) is 10.3. The Morgan fingerprint density at radius 3 is 2.27 bits per heavy atom. The second-order valence-corrected chi connectivity index (χ2v) is 13.0. The average Bonchev–Trinajstić information content (AvgIpc) is 3.44. The Bertz CT molecular complexity index is 1470. The van der Waals surface area contributed by atoms with Crippen LogP contribution in [0.3, 0.4) is 0 Å². The molecule has 0 heterocycles. The van der Waals surface area contributed by atoms with Crippen LogP contribution < -0.4 is 9.62 Å². The Hall–Kier alpha value is -3.14. The van der Waals surface area contributed by atoms with E-state index in [1.807, 2.05) is 30.3 Å². The first kappa shape index (κ1) is 30.8. The first-order chi connectivity index (χ1) is 19.5. The number of carbonyl (C=O) groups is 2. The molecule has 2 amide bonds. The van der Waals surface area contributed by atoms with Gasteiger partial charge in [0.1, 0.15) is 18.4 Å². The van der Waals surface area contributed by atoms with Crippen LogP contribution in [-0.2, 0) is 32.6 Å². The summed E-state index contributed by atoms with van der Waals surface area (Å²) in [5.41, 5.74) is 1.46. The largest absolute Gasteiger partial charge is 0.352 e. The van der Waals surface area contributed by atoms with Gasteiger partial charge in [-0.25, -0.2) is 12.8 Å². The van der Waals surface area contributed by atoms with Crippen molar-refractivity contribution in [2.24, 2.45) is 0 Å². The molecule has 218 valence electrons. The van der Waals surface area contributed by atoms with Crippen LogP contribution in [0, 0.1) is 5.82 Å². The number of carbonyl (C=O) groups excluding carboxylic acids is 2. The lowest BCUT2D eigenvalue weighted by Gasteiger charge is -2.34. The van der Waals surface area contributed by atoms with Gasteiger partial charge in [0.05, 0.1) is 17.0 Å². The lowest BCUT2D eigenvalue weighted by molar-refractivity contribution is -0.140. The lowest BCUT2D eigenvalue weighted by Crippen LogP contribution is -2.54. The van der Waals surface area contributed by atoms with Gasteiger partial charge in [-0.15, -0.1) is 0 Å². The van der Waals surface area contributed by atoms with Gasteiger partial charge in [0.2, 0.25) is 21.8 Å². The molecular weight excluding hydrogens is 588 g/mol. The molecule has 1 N–H and O–H groups in total. The third kappa shape index (κ3) is 8.44. The van der Waals surface area contributed by atoms with E-state index < -0.39 is 34.3 Å². The molecule has 11 heteroatoms. The molecule has 1 fully saturated rings. The summed E-state index contributed by atoms with van der Waals surface area (Å²) in [6.07, 6.45) is 4.89. The molecule has 0 radical (unpaired) electrons. The number of amides is 2. The van der Waals surface area contributed by atoms with E-state index in [9.17, 15) is 22.4 Å². The minimum absolute atomic E-state index is 0.00123. The molecular formula is C30H32Cl2FN3O4S. The highest BCUT2D eigenvalue weighted by Crippen LogP contribution is 2.31. The van der Waals surface area contributed by atoms with Gasteiger partial charge in [-0.2, -0.15) is 0 Å². The van der Waals surface area contributed by atoms with Crippen LogP contribution in [0.1, 0.15) is 36.8 Å². The van der Waals surface area contributed by atoms with Crippen molar-refractivity contribution in [3.05, 3.63) is 99.8 Å². The molecule has 1 atom stereocenters. The number of nitrogens with zero attached hydrogens (tertiary/aromatic N) is 2. The molecule has 0 saturated heterocycles. The van der Waals surface area contributed by atoms with E-state index in [1.165, 1.54) is 47.4 Å². The summed E-state index contributed by atoms with van der Waals surface area (Å²) in [6.45, 7) is -0.669. The smallest absolute Gasteiger partial charge is 0.244 e. The molecule has 0 spiro atoms. The Balaban J connectivity index is 1.74. The van der Waals surface area contributed by atoms with Crippen LogP contribution >= 0.6 is 23.2 Å². The van der Waals surface area contributed by atoms with Crippen molar-refractivity contribution in [1.82, 2.24) is 10.2 Å². The predicted octanol–water partition coefficient (Wildman–Crippen LogP) is 5.60. The standard InChI is InChI=1S/C30H32Cl2FN3O4S/c1-41(39,40)36(27-18-23(31)13-16-26(27)32)20-29(37)35(19-22-11-14-24(33)15-12-22)28(17-21-7-3-2-4-8-21)30(38)34-25-9-5-6-10-25/h2-4,7-8,11-16,18,25,28H,5-6,9-10,17,19-20H2,1H3,(H,34,38)/t28-/m1/s1. The minimum atomic E-state index is -4.00. The van der Waals surface area contributed by atoms with Crippen LogP contribution in [0.4, 0.5) is 10.1 Å². The molecule has 0 aromatic heterocycles. The van der Waals surface area contributed by atoms with Gasteiger partial charge in [0.25, 0.3) is 0 Å². The number of sulfonamides is 1. The van der Waals surface area contributed by atoms with Gasteiger partial charge in [0, 0.05) is 24.0 Å². The number of anilines is 1. The Labute approximate surface area is 250 Å². The van der Waals surface area contributed by atoms with Crippen molar-refractivity contribution < 1.29 is 22.4 Å². The summed E-state index contributed by atoms with van der Waals surface area (Å²) >= 11 is 12.5. The monoisotopic (exact) mass is 619 g/mol. The fourth-order valence-corrected chi connectivity index (χ4v) is 6.27. The van der Waals surface area contributed by atoms with E-state index in [2.05, 4.69) is 5.32 Å². The quantitative estimate of drug-likeness (QED) is 0.303. The molecule has 1 aliphatic rings. The van der Waals surface area contributed by atoms with Gasteiger partial charge < -0.3 is 10.2 Å². The zero-order chi connectivity index (χ0) is 29.6. The van der Waals surface area contributed by atoms with Crippen molar-refractivity contribution in [2.45, 2.75) is 50.7 Å². The fourth-order valence-electron chi connectivity index (χ4n) is 4.98. The van der Waals surface area contributed by atoms with Crippen molar-refractivity contribution in [2.75, 3.05) is 17.1 Å². The van der Waals surface area contributed by atoms with Gasteiger partial charge >= 0.3 is 0 Å². The molecule has 0 unspecified atom stereocenters. The molecule has 3 aromatic rings. The molecule has 41 heavy (non-hydrogen) atoms. The Morgan fingerprint density at radius 1 is 0.976 bits per heavy atom. The number of rotatable bonds is 11. The van der Waals surface area contributed by atoms with Crippen LogP contribution in [0.15, 0.2) is 72.8 Å². The van der Waals surface area contributed by atoms with Gasteiger partial charge in [-0.1, -0.05) is 78.5 Å². The number of hydrogen-bond donors (Lipinski definition) is 1. The van der Waals surface area contributed by atoms with Crippen LogP contribution in [0.5, 0.6) is 0 Å². The van der Waals surface area contributed by atoms with Crippen molar-refractivity contribution in [3.8, 4) is 0 Å². The molecule has 4 rings (SSSR count). The number of benzene rings is 3. The van der Waals surface area contributed by atoms with E-state index in [0.29, 0.717) is 5.56 Å². The van der Waals surface area contributed by atoms with Crippen LogP contribution in [0.2, 0.25) is 10.0 Å². The molecule has 0 aliphatic heterocycles. The minimum Gasteiger partial charge on any atom is -0.352 e. The van der Waals surface area contributed by atoms with Gasteiger partial charge in [-0.3, -0.25) is 13.9 Å². The molecule has 7 nitrogen and oxygen atoms in total. The van der Waals surface area contributed by atoms with Crippen LogP contribution in [0.25, 0.3) is 0 Å². The Morgan fingerprint density at radius 2 is 1.63 bits per heavy atom. The highest BCUT2D eigenvalue weighted by molar-refractivity contribution is 7.92. The number of nitrogens with one attached hydrogen (secondary N) is 1. The summed E-state index contributed by atoms with van der Waals surface area (Å²) in [4.78, 5) is 29.3. The van der Waals surface area contributed by atoms with E-state index in [4.69, 9.17) is 23.2 Å². The number of hydrogen-bond acceptors (Lipinski definition) is 4. The highest BCUT2D eigenvalue weighted by Gasteiger charge is 2.34. The maximum Gasteiger partial charge on any atom is 0.244 e. The second-order valence-electron chi connectivity index (χ2n) is 10.2. The third-order valence-corrected chi connectivity index (χ3v) is 8.78.